The molecular formula is C15H21N3O4S2. The van der Waals surface area contributed by atoms with Crippen LogP contribution in [0.2, 0.25) is 0 Å². The lowest BCUT2D eigenvalue weighted by Gasteiger charge is -2.30. The highest BCUT2D eigenvalue weighted by molar-refractivity contribution is 8.00. The minimum absolute atomic E-state index is 0.0715. The lowest BCUT2D eigenvalue weighted by molar-refractivity contribution is -0.141. The number of hydrogen-bond acceptors (Lipinski definition) is 7. The van der Waals surface area contributed by atoms with Crippen molar-refractivity contribution in [3.63, 3.8) is 0 Å². The molecule has 0 bridgehead atoms. The van der Waals surface area contributed by atoms with Crippen molar-refractivity contribution in [3.05, 3.63) is 22.1 Å². The molecule has 0 unspecified atom stereocenters. The monoisotopic (exact) mass is 371 g/mol. The van der Waals surface area contributed by atoms with Gasteiger partial charge >= 0.3 is 5.97 Å². The lowest BCUT2D eigenvalue weighted by Crippen LogP contribution is -2.45. The topological polar surface area (TPSA) is 92.4 Å². The average Bonchev–Trinajstić information content (AvgIpc) is 2.59. The van der Waals surface area contributed by atoms with Gasteiger partial charge in [0.15, 0.2) is 5.16 Å². The fourth-order valence-corrected chi connectivity index (χ4v) is 4.23. The van der Waals surface area contributed by atoms with Gasteiger partial charge in [-0.3, -0.25) is 14.4 Å². The van der Waals surface area contributed by atoms with Gasteiger partial charge in [-0.05, 0) is 6.42 Å². The van der Waals surface area contributed by atoms with Gasteiger partial charge in [-0.15, -0.1) is 11.8 Å². The van der Waals surface area contributed by atoms with Crippen molar-refractivity contribution in [2.24, 2.45) is 0 Å². The number of H-pyrrole nitrogens is 1. The third kappa shape index (κ3) is 5.27. The van der Waals surface area contributed by atoms with Gasteiger partial charge in [0.1, 0.15) is 5.25 Å². The summed E-state index contributed by atoms with van der Waals surface area (Å²) >= 11 is 2.72. The van der Waals surface area contributed by atoms with Gasteiger partial charge in [-0.25, -0.2) is 4.98 Å². The number of esters is 1. The fraction of sp³-hybridized carbons (Fsp3) is 0.600. The number of rotatable bonds is 6. The third-order valence-electron chi connectivity index (χ3n) is 3.49. The van der Waals surface area contributed by atoms with Gasteiger partial charge in [0.25, 0.3) is 5.56 Å². The Labute approximate surface area is 148 Å². The summed E-state index contributed by atoms with van der Waals surface area (Å²) in [6.45, 7) is 2.99. The maximum absolute atomic E-state index is 12.3. The summed E-state index contributed by atoms with van der Waals surface area (Å²) in [5.41, 5.74) is 0.528. The van der Waals surface area contributed by atoms with Gasteiger partial charge in [-0.2, -0.15) is 0 Å². The summed E-state index contributed by atoms with van der Waals surface area (Å²) < 4.78 is 4.74. The van der Waals surface area contributed by atoms with Crippen LogP contribution >= 0.6 is 23.5 Å². The molecule has 0 radical (unpaired) electrons. The van der Waals surface area contributed by atoms with Crippen LogP contribution in [0, 0.1) is 0 Å². The molecule has 1 N–H and O–H groups in total. The number of aromatic amines is 1. The number of thioether (sulfide) groups is 2. The first-order valence-electron chi connectivity index (χ1n) is 7.73. The highest BCUT2D eigenvalue weighted by Crippen LogP contribution is 2.21. The maximum atomic E-state index is 12.3. The Kier molecular flexibility index (Phi) is 7.16. The van der Waals surface area contributed by atoms with Crippen molar-refractivity contribution < 1.29 is 14.3 Å². The van der Waals surface area contributed by atoms with Crippen LogP contribution in [-0.2, 0) is 20.7 Å². The van der Waals surface area contributed by atoms with Crippen LogP contribution < -0.4 is 5.56 Å². The van der Waals surface area contributed by atoms with E-state index < -0.39 is 0 Å². The molecule has 1 fully saturated rings. The molecule has 9 heteroatoms. The van der Waals surface area contributed by atoms with Crippen molar-refractivity contribution >= 4 is 35.4 Å². The fourth-order valence-electron chi connectivity index (χ4n) is 2.31. The summed E-state index contributed by atoms with van der Waals surface area (Å²) in [4.78, 5) is 44.3. The zero-order valence-electron chi connectivity index (χ0n) is 13.7. The smallest absolute Gasteiger partial charge is 0.320 e. The first-order chi connectivity index (χ1) is 11.5. The molecule has 132 valence electrons. The number of carbonyl (C=O) groups is 2. The van der Waals surface area contributed by atoms with E-state index >= 15 is 0 Å². The van der Waals surface area contributed by atoms with Gasteiger partial charge in [0.05, 0.1) is 12.9 Å². The molecule has 0 saturated carbocycles. The average molecular weight is 371 g/mol. The second-order valence-electron chi connectivity index (χ2n) is 5.30. The van der Waals surface area contributed by atoms with Gasteiger partial charge in [0.2, 0.25) is 5.91 Å². The highest BCUT2D eigenvalue weighted by Gasteiger charge is 2.29. The summed E-state index contributed by atoms with van der Waals surface area (Å²) in [7, 11) is 1.35. The minimum Gasteiger partial charge on any atom is -0.468 e. The van der Waals surface area contributed by atoms with Crippen LogP contribution in [0.15, 0.2) is 16.0 Å². The first-order valence-corrected chi connectivity index (χ1v) is 9.77. The number of nitrogens with one attached hydrogen (secondary N) is 1. The second-order valence-corrected chi connectivity index (χ2v) is 7.58. The summed E-state index contributed by atoms with van der Waals surface area (Å²) in [5, 5.41) is 0.124. The minimum atomic E-state index is -0.330. The zero-order valence-corrected chi connectivity index (χ0v) is 15.4. The van der Waals surface area contributed by atoms with Crippen LogP contribution in [-0.4, -0.2) is 63.7 Å². The Morgan fingerprint density at radius 2 is 2.33 bits per heavy atom. The number of aromatic nitrogens is 2. The van der Waals surface area contributed by atoms with Crippen LogP contribution in [0.1, 0.15) is 19.0 Å². The Hall–Kier alpha value is -1.48. The molecule has 7 nitrogen and oxygen atoms in total. The van der Waals surface area contributed by atoms with Crippen molar-refractivity contribution in [2.75, 3.05) is 31.7 Å². The van der Waals surface area contributed by atoms with E-state index in [2.05, 4.69) is 9.97 Å². The van der Waals surface area contributed by atoms with Crippen LogP contribution in [0.3, 0.4) is 0 Å². The third-order valence-corrected chi connectivity index (χ3v) is 5.51. The molecule has 1 aromatic rings. The SMILES string of the molecule is CCCc1cc(=O)[nH]c(SCC(=O)N2CCS[C@@H](C(=O)OC)C2)n1. The number of ether oxygens (including phenoxy) is 1. The van der Waals surface area contributed by atoms with E-state index in [4.69, 9.17) is 4.74 Å². The van der Waals surface area contributed by atoms with Crippen LogP contribution in [0.5, 0.6) is 0 Å². The Balaban J connectivity index is 1.93. The first kappa shape index (κ1) is 18.9. The number of methoxy groups -OCH3 is 1. The van der Waals surface area contributed by atoms with Crippen molar-refractivity contribution in [2.45, 2.75) is 30.2 Å². The molecule has 0 spiro atoms. The van der Waals surface area contributed by atoms with E-state index in [9.17, 15) is 14.4 Å². The largest absolute Gasteiger partial charge is 0.468 e. The van der Waals surface area contributed by atoms with E-state index in [1.54, 1.807) is 4.90 Å². The van der Waals surface area contributed by atoms with E-state index in [0.29, 0.717) is 24.0 Å². The Bertz CT molecular complexity index is 650. The molecule has 1 aliphatic rings. The number of nitrogens with zero attached hydrogens (tertiary/aromatic N) is 2. The number of aryl methyl sites for hydroxylation is 1. The molecule has 1 amide bonds. The van der Waals surface area contributed by atoms with Gasteiger partial charge in [0, 0.05) is 30.6 Å². The van der Waals surface area contributed by atoms with Crippen LogP contribution in [0.25, 0.3) is 0 Å². The Morgan fingerprint density at radius 3 is 3.04 bits per heavy atom. The number of hydrogen-bond donors (Lipinski definition) is 1. The Morgan fingerprint density at radius 1 is 1.54 bits per heavy atom. The van der Waals surface area contributed by atoms with E-state index in [-0.39, 0.29) is 28.4 Å². The quantitative estimate of drug-likeness (QED) is 0.452. The lowest BCUT2D eigenvalue weighted by atomic mass is 10.2. The molecule has 24 heavy (non-hydrogen) atoms. The molecule has 2 heterocycles. The van der Waals surface area contributed by atoms with Crippen molar-refractivity contribution in [1.29, 1.82) is 0 Å². The summed E-state index contributed by atoms with van der Waals surface area (Å²) in [6.07, 6.45) is 1.63. The van der Waals surface area contributed by atoms with Gasteiger partial charge in [-0.1, -0.05) is 25.1 Å². The standard InChI is InChI=1S/C15H21N3O4S2/c1-3-4-10-7-12(19)17-15(16-10)24-9-13(20)18-5-6-23-11(8-18)14(21)22-2/h7,11H,3-6,8-9H2,1-2H3,(H,16,17,19)/t11-/m1/s1. The normalized spacial score (nSPS) is 17.6. The molecule has 2 rings (SSSR count). The molecule has 1 aromatic heterocycles. The molecule has 1 saturated heterocycles. The van der Waals surface area contributed by atoms with E-state index in [1.165, 1.54) is 36.7 Å². The van der Waals surface area contributed by atoms with Crippen molar-refractivity contribution in [1.82, 2.24) is 14.9 Å². The summed E-state index contributed by atoms with van der Waals surface area (Å²) in [5.74, 6) is 0.509. The zero-order chi connectivity index (χ0) is 17.5. The number of amides is 1. The van der Waals surface area contributed by atoms with Gasteiger partial charge < -0.3 is 14.6 Å². The maximum Gasteiger partial charge on any atom is 0.320 e. The highest BCUT2D eigenvalue weighted by atomic mass is 32.2. The summed E-state index contributed by atoms with van der Waals surface area (Å²) in [6, 6.07) is 1.48. The van der Waals surface area contributed by atoms with Crippen molar-refractivity contribution in [3.8, 4) is 0 Å². The molecular weight excluding hydrogens is 350 g/mol. The predicted octanol–water partition coefficient (Wildman–Crippen LogP) is 0.931. The molecule has 0 aromatic carbocycles. The molecule has 1 aliphatic heterocycles. The van der Waals surface area contributed by atoms with E-state index in [0.717, 1.165) is 18.5 Å². The van der Waals surface area contributed by atoms with E-state index in [1.807, 2.05) is 6.92 Å². The second kappa shape index (κ2) is 9.12. The number of carbonyl (C=O) groups excluding carboxylic acids is 2. The van der Waals surface area contributed by atoms with Crippen LogP contribution in [0.4, 0.5) is 0 Å². The molecule has 0 aliphatic carbocycles. The predicted molar refractivity (Wildman–Crippen MR) is 94.4 cm³/mol. The molecule has 1 atom stereocenters.